The average molecular weight is 444 g/mol. The number of allylic oxidation sites excluding steroid dienone is 1. The Balaban J connectivity index is 0.00000100. The van der Waals surface area contributed by atoms with Gasteiger partial charge in [-0.15, -0.1) is 0 Å². The van der Waals surface area contributed by atoms with Gasteiger partial charge in [-0.3, -0.25) is 0 Å². The Bertz CT molecular complexity index is 646. The zero-order chi connectivity index (χ0) is 17.3. The molecule has 0 atom stereocenters. The molecule has 0 amide bonds. The molecular formula is C21H19ClPPd+. The maximum atomic E-state index is 4.49. The van der Waals surface area contributed by atoms with Gasteiger partial charge >= 0.3 is 27.7 Å². The van der Waals surface area contributed by atoms with Gasteiger partial charge < -0.3 is 0 Å². The van der Waals surface area contributed by atoms with Crippen molar-refractivity contribution in [3.63, 3.8) is 0 Å². The molecule has 24 heavy (non-hydrogen) atoms. The minimum absolute atomic E-state index is 1.35. The summed E-state index contributed by atoms with van der Waals surface area (Å²) in [4.78, 5) is 0. The predicted molar refractivity (Wildman–Crippen MR) is 105 cm³/mol. The summed E-state index contributed by atoms with van der Waals surface area (Å²) in [5.74, 6) is 2.30. The molecule has 0 saturated heterocycles. The number of halogens is 1. The van der Waals surface area contributed by atoms with Crippen molar-refractivity contribution in [2.24, 2.45) is 0 Å². The Labute approximate surface area is 160 Å². The van der Waals surface area contributed by atoms with Crippen molar-refractivity contribution in [2.75, 3.05) is 0 Å². The van der Waals surface area contributed by atoms with Crippen LogP contribution in [0.5, 0.6) is 0 Å². The van der Waals surface area contributed by atoms with Crippen LogP contribution in [0.25, 0.3) is 0 Å². The Hall–Kier alpha value is -1.35. The summed E-state index contributed by atoms with van der Waals surface area (Å²) < 4.78 is 0. The third-order valence-electron chi connectivity index (χ3n) is 3.82. The topological polar surface area (TPSA) is 0 Å². The molecule has 3 aromatic carbocycles. The van der Waals surface area contributed by atoms with Crippen molar-refractivity contribution in [2.45, 2.75) is 0 Å². The van der Waals surface area contributed by atoms with Crippen LogP contribution in [0, 0.1) is 6.92 Å². The van der Waals surface area contributed by atoms with E-state index < -0.39 is 7.26 Å². The van der Waals surface area contributed by atoms with Gasteiger partial charge in [-0.05, 0) is 36.4 Å². The van der Waals surface area contributed by atoms with Crippen LogP contribution in [-0.2, 0) is 18.2 Å². The molecule has 0 aromatic heterocycles. The second-order valence-electron chi connectivity index (χ2n) is 5.11. The molecule has 0 aliphatic carbocycles. The normalized spacial score (nSPS) is 11.0. The molecule has 0 saturated carbocycles. The number of hydrogen-bond acceptors (Lipinski definition) is 0. The van der Waals surface area contributed by atoms with Gasteiger partial charge in [0.1, 0.15) is 0 Å². The van der Waals surface area contributed by atoms with Gasteiger partial charge in [-0.2, -0.15) is 6.08 Å². The first kappa shape index (κ1) is 19.0. The van der Waals surface area contributed by atoms with Crippen molar-refractivity contribution in [3.8, 4) is 0 Å². The fourth-order valence-corrected chi connectivity index (χ4v) is 6.51. The van der Waals surface area contributed by atoms with Gasteiger partial charge in [-0.25, -0.2) is 6.92 Å². The first-order valence-corrected chi connectivity index (χ1v) is 11.4. The quantitative estimate of drug-likeness (QED) is 0.302. The van der Waals surface area contributed by atoms with Crippen LogP contribution in [-0.4, -0.2) is 0 Å². The number of rotatable bonds is 4. The van der Waals surface area contributed by atoms with Crippen molar-refractivity contribution < 1.29 is 18.2 Å². The summed E-state index contributed by atoms with van der Waals surface area (Å²) in [5.41, 5.74) is 0. The van der Waals surface area contributed by atoms with E-state index in [1.54, 1.807) is 0 Å². The van der Waals surface area contributed by atoms with E-state index >= 15 is 0 Å². The first-order chi connectivity index (χ1) is 11.9. The van der Waals surface area contributed by atoms with Crippen LogP contribution < -0.4 is 15.9 Å². The molecule has 0 bridgehead atoms. The molecule has 3 aromatic rings. The van der Waals surface area contributed by atoms with Crippen LogP contribution in [0.4, 0.5) is 0 Å². The molecule has 0 unspecified atom stereocenters. The second kappa shape index (κ2) is 9.83. The third kappa shape index (κ3) is 4.00. The van der Waals surface area contributed by atoms with Gasteiger partial charge in [0.15, 0.2) is 0 Å². The van der Waals surface area contributed by atoms with E-state index in [2.05, 4.69) is 131 Å². The number of benzene rings is 3. The second-order valence-corrected chi connectivity index (χ2v) is 8.41. The van der Waals surface area contributed by atoms with Gasteiger partial charge in [0.05, 0.1) is 23.2 Å². The van der Waals surface area contributed by atoms with Crippen LogP contribution in [0.1, 0.15) is 0 Å². The van der Waals surface area contributed by atoms with Gasteiger partial charge in [0, 0.05) is 0 Å². The zero-order valence-electron chi connectivity index (χ0n) is 13.2. The van der Waals surface area contributed by atoms with Crippen molar-refractivity contribution in [1.82, 2.24) is 0 Å². The molecule has 3 heteroatoms. The molecule has 0 heterocycles. The summed E-state index contributed by atoms with van der Waals surface area (Å²) >= 11 is 2.22. The van der Waals surface area contributed by atoms with E-state index in [4.69, 9.17) is 0 Å². The van der Waals surface area contributed by atoms with Crippen LogP contribution in [0.2, 0.25) is 0 Å². The zero-order valence-corrected chi connectivity index (χ0v) is 16.4. The van der Waals surface area contributed by atoms with Crippen molar-refractivity contribution >= 4 is 32.7 Å². The molecule has 0 aliphatic rings. The van der Waals surface area contributed by atoms with Gasteiger partial charge in [0.2, 0.25) is 0 Å². The summed E-state index contributed by atoms with van der Waals surface area (Å²) in [6.45, 7) is 3.99. The summed E-state index contributed by atoms with van der Waals surface area (Å²) in [5, 5.41) is 4.06. The SMILES string of the molecule is [CH2-]C=C[P+](c1ccccc1)(c1ccccc1)c1ccccc1.[Cl][Pd+]. The van der Waals surface area contributed by atoms with E-state index in [-0.39, 0.29) is 0 Å². The Morgan fingerprint density at radius 1 is 0.625 bits per heavy atom. The van der Waals surface area contributed by atoms with E-state index in [0.29, 0.717) is 0 Å². The molecule has 3 rings (SSSR count). The Morgan fingerprint density at radius 3 is 1.17 bits per heavy atom. The molecule has 124 valence electrons. The molecule has 0 fully saturated rings. The summed E-state index contributed by atoms with van der Waals surface area (Å²) in [7, 11) is 2.69. The molecule has 0 aliphatic heterocycles. The summed E-state index contributed by atoms with van der Waals surface area (Å²) in [6, 6.07) is 32.3. The fraction of sp³-hybridized carbons (Fsp3) is 0. The molecular weight excluding hydrogens is 425 g/mol. The van der Waals surface area contributed by atoms with E-state index in [9.17, 15) is 0 Å². The minimum atomic E-state index is -1.80. The maximum absolute atomic E-state index is 4.49. The van der Waals surface area contributed by atoms with Gasteiger partial charge in [0.25, 0.3) is 0 Å². The van der Waals surface area contributed by atoms with E-state index in [1.165, 1.54) is 15.9 Å². The van der Waals surface area contributed by atoms with Crippen LogP contribution in [0.3, 0.4) is 0 Å². The standard InChI is InChI=1S/C21H19P.ClH.Pd/c1-2-18-22(19-12-6-3-7-13-19,20-14-8-4-9-15-20)21-16-10-5-11-17-21;;/h2-18H,1H2;1H;/q;;+2/p-1. The Morgan fingerprint density at radius 2 is 0.917 bits per heavy atom. The fourth-order valence-electron chi connectivity index (χ4n) is 2.85. The van der Waals surface area contributed by atoms with Crippen LogP contribution in [0.15, 0.2) is 103 Å². The molecule has 0 spiro atoms. The molecule has 0 nitrogen and oxygen atoms in total. The van der Waals surface area contributed by atoms with E-state index in [0.717, 1.165) is 0 Å². The average Bonchev–Trinajstić information content (AvgIpc) is 2.70. The Kier molecular flexibility index (Phi) is 7.77. The molecule has 0 radical (unpaired) electrons. The monoisotopic (exact) mass is 443 g/mol. The van der Waals surface area contributed by atoms with Gasteiger partial charge in [-0.1, -0.05) is 60.4 Å². The first-order valence-electron chi connectivity index (χ1n) is 7.52. The predicted octanol–water partition coefficient (Wildman–Crippen LogP) is 5.02. The van der Waals surface area contributed by atoms with Crippen LogP contribution >= 0.6 is 16.8 Å². The van der Waals surface area contributed by atoms with Crippen molar-refractivity contribution in [1.29, 1.82) is 0 Å². The number of hydrogen-bond donors (Lipinski definition) is 0. The third-order valence-corrected chi connectivity index (χ3v) is 7.82. The van der Waals surface area contributed by atoms with Crippen molar-refractivity contribution in [3.05, 3.63) is 110 Å². The van der Waals surface area contributed by atoms with E-state index in [1.807, 2.05) is 6.08 Å². The summed E-state index contributed by atoms with van der Waals surface area (Å²) in [6.07, 6.45) is 1.95. The molecule has 0 N–H and O–H groups in total.